The van der Waals surface area contributed by atoms with Crippen molar-refractivity contribution < 1.29 is 15.0 Å². The Morgan fingerprint density at radius 3 is 2.79 bits per heavy atom. The summed E-state index contributed by atoms with van der Waals surface area (Å²) in [7, 11) is 0. The van der Waals surface area contributed by atoms with Crippen LogP contribution in [0, 0.1) is 17.2 Å². The van der Waals surface area contributed by atoms with Gasteiger partial charge in [-0.1, -0.05) is 0 Å². The largest absolute Gasteiger partial charge is 0.507 e. The normalized spacial score (nSPS) is 18.8. The molecule has 1 aliphatic carbocycles. The summed E-state index contributed by atoms with van der Waals surface area (Å²) in [5, 5.41) is 38.7. The Kier molecular flexibility index (Phi) is 5.48. The summed E-state index contributed by atoms with van der Waals surface area (Å²) >= 11 is 1.61. The SMILES string of the molecule is N#CC[C@H]1CC[C@H](n2c(/N=N/c3ccc(O)c(C(=O)O)c3)nc3cnc4ccsc4c32)CC1. The van der Waals surface area contributed by atoms with Crippen LogP contribution in [-0.4, -0.2) is 30.7 Å². The van der Waals surface area contributed by atoms with Gasteiger partial charge in [-0.05, 0) is 61.2 Å². The van der Waals surface area contributed by atoms with Gasteiger partial charge in [-0.25, -0.2) is 9.78 Å². The molecule has 1 fully saturated rings. The molecule has 0 unspecified atom stereocenters. The Bertz CT molecular complexity index is 1430. The fraction of sp³-hybridized carbons (Fsp3) is 0.304. The molecule has 0 radical (unpaired) electrons. The molecule has 3 aromatic heterocycles. The average molecular weight is 461 g/mol. The molecule has 1 aliphatic rings. The van der Waals surface area contributed by atoms with Crippen LogP contribution in [0.15, 0.2) is 46.1 Å². The number of rotatable bonds is 5. The van der Waals surface area contributed by atoms with Crippen LogP contribution in [0.5, 0.6) is 5.75 Å². The first kappa shape index (κ1) is 21.0. The van der Waals surface area contributed by atoms with Gasteiger partial charge in [0, 0.05) is 12.5 Å². The third kappa shape index (κ3) is 3.91. The van der Waals surface area contributed by atoms with E-state index in [1.54, 1.807) is 17.5 Å². The summed E-state index contributed by atoms with van der Waals surface area (Å²) < 4.78 is 3.17. The minimum Gasteiger partial charge on any atom is -0.507 e. The zero-order valence-corrected chi connectivity index (χ0v) is 18.4. The number of aromatic hydroxyl groups is 1. The van der Waals surface area contributed by atoms with Crippen molar-refractivity contribution in [2.24, 2.45) is 16.1 Å². The fourth-order valence-electron chi connectivity index (χ4n) is 4.48. The van der Waals surface area contributed by atoms with Crippen LogP contribution in [0.25, 0.3) is 21.3 Å². The maximum atomic E-state index is 11.3. The molecular weight excluding hydrogens is 440 g/mol. The van der Waals surface area contributed by atoms with Crippen molar-refractivity contribution in [3.8, 4) is 11.8 Å². The number of hydrogen-bond donors (Lipinski definition) is 2. The molecule has 4 aromatic rings. The maximum absolute atomic E-state index is 11.3. The zero-order chi connectivity index (χ0) is 22.9. The highest BCUT2D eigenvalue weighted by molar-refractivity contribution is 7.18. The monoisotopic (exact) mass is 460 g/mol. The molecule has 0 bridgehead atoms. The summed E-state index contributed by atoms with van der Waals surface area (Å²) in [6.07, 6.45) is 6.08. The van der Waals surface area contributed by atoms with E-state index in [2.05, 4.69) is 25.8 Å². The van der Waals surface area contributed by atoms with E-state index in [0.717, 1.165) is 46.9 Å². The first-order valence-corrected chi connectivity index (χ1v) is 11.5. The van der Waals surface area contributed by atoms with Gasteiger partial charge in [-0.15, -0.1) is 21.6 Å². The molecule has 0 aliphatic heterocycles. The number of phenols is 1. The lowest BCUT2D eigenvalue weighted by Crippen LogP contribution is -2.18. The lowest BCUT2D eigenvalue weighted by Gasteiger charge is -2.29. The number of thiophene rings is 1. The molecule has 0 saturated heterocycles. The Balaban J connectivity index is 1.58. The number of carboxylic acids is 1. The van der Waals surface area contributed by atoms with Crippen LogP contribution in [0.4, 0.5) is 11.6 Å². The molecule has 3 heterocycles. The molecule has 0 atom stereocenters. The van der Waals surface area contributed by atoms with Gasteiger partial charge in [0.25, 0.3) is 5.95 Å². The predicted molar refractivity (Wildman–Crippen MR) is 123 cm³/mol. The Morgan fingerprint density at radius 1 is 1.21 bits per heavy atom. The number of hydrogen-bond acceptors (Lipinski definition) is 8. The van der Waals surface area contributed by atoms with Crippen molar-refractivity contribution in [3.63, 3.8) is 0 Å². The Hall–Kier alpha value is -3.84. The van der Waals surface area contributed by atoms with Gasteiger partial charge >= 0.3 is 5.97 Å². The molecule has 2 N–H and O–H groups in total. The zero-order valence-electron chi connectivity index (χ0n) is 17.5. The maximum Gasteiger partial charge on any atom is 0.339 e. The van der Waals surface area contributed by atoms with E-state index in [4.69, 9.17) is 10.2 Å². The van der Waals surface area contributed by atoms with E-state index in [0.29, 0.717) is 24.0 Å². The van der Waals surface area contributed by atoms with Gasteiger partial charge in [0.15, 0.2) is 0 Å². The van der Waals surface area contributed by atoms with E-state index in [-0.39, 0.29) is 17.4 Å². The van der Waals surface area contributed by atoms with Gasteiger partial charge in [-0.3, -0.25) is 4.98 Å². The highest BCUT2D eigenvalue weighted by Gasteiger charge is 2.27. The molecule has 166 valence electrons. The lowest BCUT2D eigenvalue weighted by atomic mass is 9.84. The smallest absolute Gasteiger partial charge is 0.339 e. The van der Waals surface area contributed by atoms with Crippen molar-refractivity contribution in [2.45, 2.75) is 38.1 Å². The van der Waals surface area contributed by atoms with Crippen LogP contribution < -0.4 is 0 Å². The summed E-state index contributed by atoms with van der Waals surface area (Å²) in [5.41, 5.74) is 2.68. The highest BCUT2D eigenvalue weighted by Crippen LogP contribution is 2.41. The van der Waals surface area contributed by atoms with Gasteiger partial charge in [0.1, 0.15) is 16.8 Å². The second kappa shape index (κ2) is 8.60. The van der Waals surface area contributed by atoms with Crippen LogP contribution in [0.3, 0.4) is 0 Å². The number of aromatic carboxylic acids is 1. The molecule has 1 saturated carbocycles. The number of pyridine rings is 1. The number of azo groups is 1. The number of nitriles is 1. The molecule has 1 aromatic carbocycles. The van der Waals surface area contributed by atoms with E-state index in [1.807, 2.05) is 11.4 Å². The lowest BCUT2D eigenvalue weighted by molar-refractivity contribution is 0.0693. The van der Waals surface area contributed by atoms with Crippen LogP contribution in [0.2, 0.25) is 0 Å². The van der Waals surface area contributed by atoms with E-state index in [1.165, 1.54) is 18.2 Å². The number of nitrogens with zero attached hydrogens (tertiary/aromatic N) is 6. The topological polar surface area (TPSA) is 137 Å². The van der Waals surface area contributed by atoms with Crippen molar-refractivity contribution in [3.05, 3.63) is 41.4 Å². The fourth-order valence-corrected chi connectivity index (χ4v) is 5.37. The first-order valence-electron chi connectivity index (χ1n) is 10.6. The quantitative estimate of drug-likeness (QED) is 0.345. The molecule has 0 spiro atoms. The molecule has 33 heavy (non-hydrogen) atoms. The number of carboxylic acid groups (broad SMARTS) is 1. The minimum atomic E-state index is -1.24. The van der Waals surface area contributed by atoms with Crippen molar-refractivity contribution >= 4 is 50.2 Å². The standard InChI is InChI=1S/C23H20N6O3S/c24-9-7-13-1-4-15(5-2-13)29-20-18(12-25-17-8-10-33-21(17)20)26-23(29)28-27-14-3-6-19(30)16(11-14)22(31)32/h3,6,8,10-13,15,30H,1-2,4-5,7H2,(H,31,32)/b28-27+/t13-,15-. The van der Waals surface area contributed by atoms with Crippen LogP contribution >= 0.6 is 11.3 Å². The Labute approximate surface area is 192 Å². The summed E-state index contributed by atoms with van der Waals surface area (Å²) in [4.78, 5) is 20.5. The van der Waals surface area contributed by atoms with Crippen LogP contribution in [-0.2, 0) is 0 Å². The molecule has 0 amide bonds. The van der Waals surface area contributed by atoms with Crippen molar-refractivity contribution in [1.29, 1.82) is 5.26 Å². The van der Waals surface area contributed by atoms with Gasteiger partial charge < -0.3 is 14.8 Å². The second-order valence-corrected chi connectivity index (χ2v) is 9.07. The Morgan fingerprint density at radius 2 is 2.03 bits per heavy atom. The van der Waals surface area contributed by atoms with E-state index < -0.39 is 5.97 Å². The predicted octanol–water partition coefficient (Wildman–Crippen LogP) is 6.11. The van der Waals surface area contributed by atoms with Crippen LogP contribution in [0.1, 0.15) is 48.5 Å². The van der Waals surface area contributed by atoms with Crippen molar-refractivity contribution in [1.82, 2.24) is 14.5 Å². The van der Waals surface area contributed by atoms with Gasteiger partial charge in [0.2, 0.25) is 0 Å². The van der Waals surface area contributed by atoms with Gasteiger partial charge in [-0.2, -0.15) is 5.26 Å². The number of fused-ring (bicyclic) bond motifs is 3. The summed E-state index contributed by atoms with van der Waals surface area (Å²) in [5.74, 6) is -0.714. The number of aromatic nitrogens is 3. The second-order valence-electron chi connectivity index (χ2n) is 8.15. The molecule has 9 nitrogen and oxygen atoms in total. The average Bonchev–Trinajstić information content (AvgIpc) is 3.43. The third-order valence-corrected chi connectivity index (χ3v) is 7.04. The third-order valence-electron chi connectivity index (χ3n) is 6.13. The number of imidazole rings is 1. The van der Waals surface area contributed by atoms with Gasteiger partial charge in [0.05, 0.1) is 33.7 Å². The van der Waals surface area contributed by atoms with Crippen molar-refractivity contribution in [2.75, 3.05) is 0 Å². The number of benzene rings is 1. The number of carbonyl (C=O) groups is 1. The molecular formula is C23H20N6O3S. The minimum absolute atomic E-state index is 0.168. The molecule has 10 heteroatoms. The first-order chi connectivity index (χ1) is 16.0. The molecule has 5 rings (SSSR count). The van der Waals surface area contributed by atoms with E-state index in [9.17, 15) is 15.0 Å². The van der Waals surface area contributed by atoms with E-state index >= 15 is 0 Å². The summed E-state index contributed by atoms with van der Waals surface area (Å²) in [6.45, 7) is 0. The highest BCUT2D eigenvalue weighted by atomic mass is 32.1. The summed E-state index contributed by atoms with van der Waals surface area (Å²) in [6, 6.07) is 8.50.